The number of fused-ring (bicyclic) bond motifs is 1. The van der Waals surface area contributed by atoms with Gasteiger partial charge in [0.2, 0.25) is 0 Å². The van der Waals surface area contributed by atoms with Gasteiger partial charge in [0.1, 0.15) is 11.4 Å². The second-order valence-electron chi connectivity index (χ2n) is 9.37. The molecule has 0 atom stereocenters. The van der Waals surface area contributed by atoms with E-state index in [1.807, 2.05) is 43.6 Å². The van der Waals surface area contributed by atoms with Crippen LogP contribution in [0.15, 0.2) is 61.1 Å². The molecule has 0 saturated carbocycles. The second-order valence-corrected chi connectivity index (χ2v) is 9.37. The number of rotatable bonds is 5. The van der Waals surface area contributed by atoms with Gasteiger partial charge in [0.05, 0.1) is 25.1 Å². The summed E-state index contributed by atoms with van der Waals surface area (Å²) in [5.74, 6) is 0.415. The van der Waals surface area contributed by atoms with Crippen LogP contribution in [0.4, 0.5) is 5.69 Å². The fourth-order valence-electron chi connectivity index (χ4n) is 5.04. The van der Waals surface area contributed by atoms with Crippen LogP contribution in [-0.4, -0.2) is 58.2 Å². The minimum absolute atomic E-state index is 0.0853. The first-order valence-electron chi connectivity index (χ1n) is 12.3. The molecule has 8 heteroatoms. The Kier molecular flexibility index (Phi) is 5.95. The van der Waals surface area contributed by atoms with Crippen molar-refractivity contribution in [3.63, 3.8) is 0 Å². The molecule has 1 amide bonds. The van der Waals surface area contributed by atoms with E-state index in [4.69, 9.17) is 4.74 Å². The van der Waals surface area contributed by atoms with Crippen molar-refractivity contribution < 1.29 is 9.53 Å². The molecule has 2 N–H and O–H groups in total. The van der Waals surface area contributed by atoms with E-state index in [0.717, 1.165) is 61.7 Å². The van der Waals surface area contributed by atoms with Gasteiger partial charge in [-0.25, -0.2) is 4.98 Å². The van der Waals surface area contributed by atoms with Crippen molar-refractivity contribution in [2.75, 3.05) is 31.2 Å². The van der Waals surface area contributed by atoms with Crippen LogP contribution in [0.2, 0.25) is 0 Å². The molecule has 2 aliphatic rings. The molecule has 36 heavy (non-hydrogen) atoms. The van der Waals surface area contributed by atoms with Crippen molar-refractivity contribution in [2.24, 2.45) is 0 Å². The Balaban J connectivity index is 1.20. The Morgan fingerprint density at radius 2 is 1.83 bits per heavy atom. The summed E-state index contributed by atoms with van der Waals surface area (Å²) in [6.07, 6.45) is 7.20. The third-order valence-electron chi connectivity index (χ3n) is 6.92. The Labute approximate surface area is 209 Å². The quantitative estimate of drug-likeness (QED) is 0.453. The van der Waals surface area contributed by atoms with E-state index in [1.54, 1.807) is 6.20 Å². The van der Waals surface area contributed by atoms with Crippen molar-refractivity contribution in [3.8, 4) is 22.6 Å². The van der Waals surface area contributed by atoms with Crippen LogP contribution in [0.25, 0.3) is 22.6 Å². The van der Waals surface area contributed by atoms with E-state index in [1.165, 1.54) is 11.1 Å². The van der Waals surface area contributed by atoms with Gasteiger partial charge in [-0.15, -0.1) is 0 Å². The SMILES string of the molecule is Cc1[nH]c(-c2cc(-c3cncc(N4CCOCC4)c3)ccn2)nc1C(=O)NC1Cc2ccccc2C1. The molecule has 3 aromatic heterocycles. The standard InChI is InChI=1S/C28H28N6O2/c1-18-26(28(35)32-23-12-19-4-2-3-5-20(19)13-23)33-27(31-18)25-15-21(6-7-30-25)22-14-24(17-29-16-22)34-8-10-36-11-9-34/h2-7,14-17,23H,8-13H2,1H3,(H,31,33)(H,32,35). The number of imidazole rings is 1. The Morgan fingerprint density at radius 3 is 2.61 bits per heavy atom. The number of H-pyrrole nitrogens is 1. The zero-order chi connectivity index (χ0) is 24.5. The van der Waals surface area contributed by atoms with Gasteiger partial charge >= 0.3 is 0 Å². The molecule has 4 heterocycles. The van der Waals surface area contributed by atoms with E-state index in [9.17, 15) is 4.79 Å². The van der Waals surface area contributed by atoms with Gasteiger partial charge in [-0.1, -0.05) is 24.3 Å². The van der Waals surface area contributed by atoms with Gasteiger partial charge in [0, 0.05) is 42.8 Å². The zero-order valence-electron chi connectivity index (χ0n) is 20.2. The number of hydrogen-bond acceptors (Lipinski definition) is 6. The summed E-state index contributed by atoms with van der Waals surface area (Å²) in [5, 5.41) is 3.16. The number of amides is 1. The molecule has 1 saturated heterocycles. The van der Waals surface area contributed by atoms with Crippen molar-refractivity contribution in [1.29, 1.82) is 0 Å². The first kappa shape index (κ1) is 22.4. The molecule has 1 fully saturated rings. The topological polar surface area (TPSA) is 96.0 Å². The highest BCUT2D eigenvalue weighted by molar-refractivity contribution is 5.94. The van der Waals surface area contributed by atoms with Gasteiger partial charge in [-0.2, -0.15) is 0 Å². The Bertz CT molecular complexity index is 1380. The highest BCUT2D eigenvalue weighted by Gasteiger charge is 2.25. The van der Waals surface area contributed by atoms with Crippen LogP contribution in [0.3, 0.4) is 0 Å². The Hall–Kier alpha value is -4.04. The fraction of sp³-hybridized carbons (Fsp3) is 0.286. The fourth-order valence-corrected chi connectivity index (χ4v) is 5.04. The summed E-state index contributed by atoms with van der Waals surface area (Å²) >= 11 is 0. The lowest BCUT2D eigenvalue weighted by Crippen LogP contribution is -2.36. The monoisotopic (exact) mass is 480 g/mol. The summed E-state index contributed by atoms with van der Waals surface area (Å²) in [6.45, 7) is 5.04. The number of carbonyl (C=O) groups is 1. The average Bonchev–Trinajstić information content (AvgIpc) is 3.52. The lowest BCUT2D eigenvalue weighted by molar-refractivity contribution is 0.0933. The first-order chi connectivity index (χ1) is 17.6. The number of anilines is 1. The van der Waals surface area contributed by atoms with Crippen molar-refractivity contribution in [2.45, 2.75) is 25.8 Å². The molecule has 1 aliphatic heterocycles. The maximum absolute atomic E-state index is 13.1. The molecular formula is C28H28N6O2. The van der Waals surface area contributed by atoms with Crippen LogP contribution < -0.4 is 10.2 Å². The summed E-state index contributed by atoms with van der Waals surface area (Å²) in [5.41, 5.74) is 7.49. The molecule has 0 unspecified atom stereocenters. The number of benzene rings is 1. The number of hydrogen-bond donors (Lipinski definition) is 2. The molecule has 6 rings (SSSR count). The van der Waals surface area contributed by atoms with E-state index < -0.39 is 0 Å². The Morgan fingerprint density at radius 1 is 1.06 bits per heavy atom. The molecule has 1 aromatic carbocycles. The smallest absolute Gasteiger partial charge is 0.272 e. The van der Waals surface area contributed by atoms with Gasteiger partial charge in [0.25, 0.3) is 5.91 Å². The lowest BCUT2D eigenvalue weighted by atomic mass is 10.1. The third-order valence-corrected chi connectivity index (χ3v) is 6.92. The van der Waals surface area contributed by atoms with Gasteiger partial charge < -0.3 is 19.9 Å². The number of aromatic nitrogens is 4. The van der Waals surface area contributed by atoms with E-state index in [-0.39, 0.29) is 11.9 Å². The van der Waals surface area contributed by atoms with Crippen molar-refractivity contribution >= 4 is 11.6 Å². The minimum Gasteiger partial charge on any atom is -0.378 e. The second kappa shape index (κ2) is 9.54. The predicted octanol–water partition coefficient (Wildman–Crippen LogP) is 3.58. The summed E-state index contributed by atoms with van der Waals surface area (Å²) in [4.78, 5) is 32.2. The predicted molar refractivity (Wildman–Crippen MR) is 138 cm³/mol. The van der Waals surface area contributed by atoms with Crippen LogP contribution in [0, 0.1) is 6.92 Å². The molecule has 1 aliphatic carbocycles. The number of aromatic amines is 1. The highest BCUT2D eigenvalue weighted by atomic mass is 16.5. The lowest BCUT2D eigenvalue weighted by Gasteiger charge is -2.28. The summed E-state index contributed by atoms with van der Waals surface area (Å²) in [7, 11) is 0. The van der Waals surface area contributed by atoms with Crippen molar-refractivity contribution in [1.82, 2.24) is 25.3 Å². The molecule has 182 valence electrons. The van der Waals surface area contributed by atoms with E-state index in [0.29, 0.717) is 17.2 Å². The van der Waals surface area contributed by atoms with Crippen molar-refractivity contribution in [3.05, 3.63) is 83.6 Å². The van der Waals surface area contributed by atoms with Gasteiger partial charge in [-0.3, -0.25) is 14.8 Å². The van der Waals surface area contributed by atoms with Crippen LogP contribution in [0.5, 0.6) is 0 Å². The molecule has 4 aromatic rings. The molecule has 0 spiro atoms. The first-order valence-corrected chi connectivity index (χ1v) is 12.3. The highest BCUT2D eigenvalue weighted by Crippen LogP contribution is 2.27. The number of carbonyl (C=O) groups excluding carboxylic acids is 1. The zero-order valence-corrected chi connectivity index (χ0v) is 20.2. The largest absolute Gasteiger partial charge is 0.378 e. The van der Waals surface area contributed by atoms with Crippen LogP contribution >= 0.6 is 0 Å². The number of aryl methyl sites for hydroxylation is 1. The number of ether oxygens (including phenoxy) is 1. The molecule has 0 bridgehead atoms. The number of nitrogens with zero attached hydrogens (tertiary/aromatic N) is 4. The average molecular weight is 481 g/mol. The summed E-state index contributed by atoms with van der Waals surface area (Å²) in [6, 6.07) is 14.5. The third kappa shape index (κ3) is 4.47. The maximum atomic E-state index is 13.1. The van der Waals surface area contributed by atoms with Gasteiger partial charge in [-0.05, 0) is 54.7 Å². The number of pyridine rings is 2. The summed E-state index contributed by atoms with van der Waals surface area (Å²) < 4.78 is 5.47. The molecule has 0 radical (unpaired) electrons. The molecule has 8 nitrogen and oxygen atoms in total. The van der Waals surface area contributed by atoms with Crippen LogP contribution in [0.1, 0.15) is 27.3 Å². The van der Waals surface area contributed by atoms with Crippen LogP contribution in [-0.2, 0) is 17.6 Å². The molecular weight excluding hydrogens is 452 g/mol. The number of nitrogens with one attached hydrogen (secondary N) is 2. The normalized spacial score (nSPS) is 15.6. The van der Waals surface area contributed by atoms with E-state index >= 15 is 0 Å². The van der Waals surface area contributed by atoms with Gasteiger partial charge in [0.15, 0.2) is 5.82 Å². The van der Waals surface area contributed by atoms with E-state index in [2.05, 4.69) is 48.4 Å². The number of morpholine rings is 1. The minimum atomic E-state index is -0.161. The maximum Gasteiger partial charge on any atom is 0.272 e.